The van der Waals surface area contributed by atoms with Gasteiger partial charge in [0.05, 0.1) is 18.2 Å². The Morgan fingerprint density at radius 1 is 1.30 bits per heavy atom. The molecular formula is C16H24N2O2. The topological polar surface area (TPSA) is 41.6 Å². The maximum atomic E-state index is 12.4. The van der Waals surface area contributed by atoms with Crippen LogP contribution in [0.15, 0.2) is 30.3 Å². The number of carbonyl (C=O) groups excluding carboxylic acids is 1. The minimum atomic E-state index is -0.344. The Morgan fingerprint density at radius 3 is 2.55 bits per heavy atom. The first kappa shape index (κ1) is 15.0. The van der Waals surface area contributed by atoms with Gasteiger partial charge in [-0.05, 0) is 33.3 Å². The standard InChI is InChI=1S/C16H24N2O2/c1-5-20-16(3,4)11-18-14(17-12(2)15(18)19)13-9-7-6-8-10-13/h6-10,12,14,17H,5,11H2,1-4H3. The molecule has 0 aromatic heterocycles. The van der Waals surface area contributed by atoms with Gasteiger partial charge in [-0.2, -0.15) is 0 Å². The zero-order valence-corrected chi connectivity index (χ0v) is 12.7. The summed E-state index contributed by atoms with van der Waals surface area (Å²) in [5.74, 6) is 0.131. The average Bonchev–Trinajstić information content (AvgIpc) is 2.67. The number of benzene rings is 1. The van der Waals surface area contributed by atoms with E-state index >= 15 is 0 Å². The summed E-state index contributed by atoms with van der Waals surface area (Å²) in [5, 5.41) is 3.36. The average molecular weight is 276 g/mol. The summed E-state index contributed by atoms with van der Waals surface area (Å²) < 4.78 is 5.74. The van der Waals surface area contributed by atoms with Crippen LogP contribution in [0.4, 0.5) is 0 Å². The first-order valence-electron chi connectivity index (χ1n) is 7.20. The molecule has 1 aromatic rings. The second kappa shape index (κ2) is 5.94. The second-order valence-corrected chi connectivity index (χ2v) is 5.86. The number of ether oxygens (including phenoxy) is 1. The maximum Gasteiger partial charge on any atom is 0.241 e. The molecule has 0 bridgehead atoms. The van der Waals surface area contributed by atoms with Gasteiger partial charge < -0.3 is 9.64 Å². The van der Waals surface area contributed by atoms with Crippen molar-refractivity contribution in [3.63, 3.8) is 0 Å². The van der Waals surface area contributed by atoms with Gasteiger partial charge in [-0.15, -0.1) is 0 Å². The van der Waals surface area contributed by atoms with E-state index in [0.29, 0.717) is 13.2 Å². The lowest BCUT2D eigenvalue weighted by atomic mass is 10.1. The number of rotatable bonds is 5. The third-order valence-electron chi connectivity index (χ3n) is 3.57. The fraction of sp³-hybridized carbons (Fsp3) is 0.562. The lowest BCUT2D eigenvalue weighted by molar-refractivity contribution is -0.134. The number of carbonyl (C=O) groups is 1. The number of nitrogens with one attached hydrogen (secondary N) is 1. The highest BCUT2D eigenvalue weighted by Crippen LogP contribution is 2.27. The molecule has 1 fully saturated rings. The van der Waals surface area contributed by atoms with Gasteiger partial charge in [0.1, 0.15) is 6.17 Å². The van der Waals surface area contributed by atoms with Crippen molar-refractivity contribution < 1.29 is 9.53 Å². The molecule has 110 valence electrons. The highest BCUT2D eigenvalue weighted by Gasteiger charge is 2.39. The molecule has 1 N–H and O–H groups in total. The van der Waals surface area contributed by atoms with E-state index < -0.39 is 0 Å². The number of hydrogen-bond donors (Lipinski definition) is 1. The van der Waals surface area contributed by atoms with Crippen LogP contribution in [0.1, 0.15) is 39.4 Å². The highest BCUT2D eigenvalue weighted by molar-refractivity contribution is 5.84. The summed E-state index contributed by atoms with van der Waals surface area (Å²) in [7, 11) is 0. The molecule has 2 unspecified atom stereocenters. The molecule has 1 aliphatic rings. The lowest BCUT2D eigenvalue weighted by Crippen LogP contribution is -2.43. The van der Waals surface area contributed by atoms with E-state index in [2.05, 4.69) is 5.32 Å². The van der Waals surface area contributed by atoms with Crippen molar-refractivity contribution in [2.75, 3.05) is 13.2 Å². The molecular weight excluding hydrogens is 252 g/mol. The summed E-state index contributed by atoms with van der Waals surface area (Å²) in [6.07, 6.45) is -0.0709. The quantitative estimate of drug-likeness (QED) is 0.897. The molecule has 4 nitrogen and oxygen atoms in total. The van der Waals surface area contributed by atoms with Crippen LogP contribution in [0.3, 0.4) is 0 Å². The Labute approximate surface area is 121 Å². The van der Waals surface area contributed by atoms with Crippen LogP contribution in [0.5, 0.6) is 0 Å². The van der Waals surface area contributed by atoms with Crippen LogP contribution in [0, 0.1) is 0 Å². The van der Waals surface area contributed by atoms with E-state index in [1.807, 2.05) is 62.9 Å². The van der Waals surface area contributed by atoms with Gasteiger partial charge in [-0.25, -0.2) is 0 Å². The Kier molecular flexibility index (Phi) is 4.45. The monoisotopic (exact) mass is 276 g/mol. The molecule has 2 atom stereocenters. The number of amides is 1. The number of hydrogen-bond acceptors (Lipinski definition) is 3. The van der Waals surface area contributed by atoms with E-state index in [4.69, 9.17) is 4.74 Å². The zero-order valence-electron chi connectivity index (χ0n) is 12.7. The maximum absolute atomic E-state index is 12.4. The first-order valence-corrected chi connectivity index (χ1v) is 7.20. The van der Waals surface area contributed by atoms with Crippen LogP contribution in [-0.4, -0.2) is 35.6 Å². The van der Waals surface area contributed by atoms with E-state index in [1.54, 1.807) is 0 Å². The summed E-state index contributed by atoms with van der Waals surface area (Å²) in [6, 6.07) is 9.91. The molecule has 4 heteroatoms. The third-order valence-corrected chi connectivity index (χ3v) is 3.57. The molecule has 0 aliphatic carbocycles. The molecule has 1 aliphatic heterocycles. The molecule has 1 aromatic carbocycles. The van der Waals surface area contributed by atoms with Crippen LogP contribution >= 0.6 is 0 Å². The number of nitrogens with zero attached hydrogens (tertiary/aromatic N) is 1. The molecule has 0 saturated carbocycles. The van der Waals surface area contributed by atoms with Crippen LogP contribution in [0.25, 0.3) is 0 Å². The minimum absolute atomic E-state index is 0.0709. The Balaban J connectivity index is 2.21. The minimum Gasteiger partial charge on any atom is -0.374 e. The molecule has 1 heterocycles. The van der Waals surface area contributed by atoms with Gasteiger partial charge in [-0.1, -0.05) is 30.3 Å². The molecule has 1 amide bonds. The molecule has 0 spiro atoms. The van der Waals surface area contributed by atoms with Gasteiger partial charge >= 0.3 is 0 Å². The highest BCUT2D eigenvalue weighted by atomic mass is 16.5. The zero-order chi connectivity index (χ0) is 14.8. The van der Waals surface area contributed by atoms with E-state index in [1.165, 1.54) is 0 Å². The SMILES string of the molecule is CCOC(C)(C)CN1C(=O)C(C)NC1c1ccccc1. The molecule has 20 heavy (non-hydrogen) atoms. The fourth-order valence-corrected chi connectivity index (χ4v) is 2.70. The van der Waals surface area contributed by atoms with Gasteiger partial charge in [-0.3, -0.25) is 10.1 Å². The van der Waals surface area contributed by atoms with Crippen molar-refractivity contribution in [2.24, 2.45) is 0 Å². The largest absolute Gasteiger partial charge is 0.374 e. The van der Waals surface area contributed by atoms with Crippen LogP contribution < -0.4 is 5.32 Å². The van der Waals surface area contributed by atoms with E-state index in [0.717, 1.165) is 5.56 Å². The smallest absolute Gasteiger partial charge is 0.241 e. The summed E-state index contributed by atoms with van der Waals surface area (Å²) in [5.41, 5.74) is 0.765. The van der Waals surface area contributed by atoms with Gasteiger partial charge in [0.15, 0.2) is 0 Å². The van der Waals surface area contributed by atoms with Crippen LogP contribution in [-0.2, 0) is 9.53 Å². The van der Waals surface area contributed by atoms with E-state index in [-0.39, 0.29) is 23.7 Å². The van der Waals surface area contributed by atoms with Crippen molar-refractivity contribution in [1.29, 1.82) is 0 Å². The predicted octanol–water partition coefficient (Wildman–Crippen LogP) is 2.32. The molecule has 1 saturated heterocycles. The molecule has 2 rings (SSSR count). The van der Waals surface area contributed by atoms with Crippen molar-refractivity contribution in [2.45, 2.75) is 45.5 Å². The Bertz CT molecular complexity index is 459. The fourth-order valence-electron chi connectivity index (χ4n) is 2.70. The lowest BCUT2D eigenvalue weighted by Gasteiger charge is -2.33. The van der Waals surface area contributed by atoms with Gasteiger partial charge in [0.25, 0.3) is 0 Å². The van der Waals surface area contributed by atoms with Gasteiger partial charge in [0, 0.05) is 6.61 Å². The third kappa shape index (κ3) is 3.19. The summed E-state index contributed by atoms with van der Waals surface area (Å²) in [6.45, 7) is 9.16. The predicted molar refractivity (Wildman–Crippen MR) is 79.2 cm³/mol. The summed E-state index contributed by atoms with van der Waals surface area (Å²) >= 11 is 0. The van der Waals surface area contributed by atoms with Crippen LogP contribution in [0.2, 0.25) is 0 Å². The van der Waals surface area contributed by atoms with E-state index in [9.17, 15) is 4.79 Å². The second-order valence-electron chi connectivity index (χ2n) is 5.86. The first-order chi connectivity index (χ1) is 9.44. The van der Waals surface area contributed by atoms with Crippen molar-refractivity contribution in [1.82, 2.24) is 10.2 Å². The van der Waals surface area contributed by atoms with Crippen molar-refractivity contribution >= 4 is 5.91 Å². The summed E-state index contributed by atoms with van der Waals surface area (Å²) in [4.78, 5) is 14.3. The van der Waals surface area contributed by atoms with Crippen molar-refractivity contribution in [3.8, 4) is 0 Å². The molecule has 0 radical (unpaired) electrons. The van der Waals surface area contributed by atoms with Crippen molar-refractivity contribution in [3.05, 3.63) is 35.9 Å². The Morgan fingerprint density at radius 2 is 1.95 bits per heavy atom. The van der Waals surface area contributed by atoms with Gasteiger partial charge in [0.2, 0.25) is 5.91 Å². The Hall–Kier alpha value is -1.39. The normalized spacial score (nSPS) is 23.4.